The number of hydrogen-bond acceptors (Lipinski definition) is 6. The fourth-order valence-electron chi connectivity index (χ4n) is 4.08. The lowest BCUT2D eigenvalue weighted by Crippen LogP contribution is -2.60. The fourth-order valence-corrected chi connectivity index (χ4v) is 4.08. The van der Waals surface area contributed by atoms with Crippen molar-refractivity contribution >= 4 is 29.5 Å². The molecule has 12 nitrogen and oxygen atoms in total. The summed E-state index contributed by atoms with van der Waals surface area (Å²) in [5, 5.41) is 8.01. The zero-order valence-electron chi connectivity index (χ0n) is 22.1. The van der Waals surface area contributed by atoms with Crippen LogP contribution < -0.4 is 27.2 Å². The topological polar surface area (TPSA) is 173 Å². The number of ketones is 1. The first-order valence-electron chi connectivity index (χ1n) is 12.4. The molecule has 204 valence electrons. The van der Waals surface area contributed by atoms with E-state index in [9.17, 15) is 28.8 Å². The zero-order valence-corrected chi connectivity index (χ0v) is 22.1. The first kappa shape index (κ1) is 29.5. The third kappa shape index (κ3) is 8.16. The van der Waals surface area contributed by atoms with Gasteiger partial charge in [-0.25, -0.2) is 4.79 Å². The highest BCUT2D eigenvalue weighted by Gasteiger charge is 2.42. The van der Waals surface area contributed by atoms with Crippen molar-refractivity contribution < 1.29 is 24.0 Å². The minimum absolute atomic E-state index is 0.00332. The van der Waals surface area contributed by atoms with Crippen LogP contribution in [-0.2, 0) is 25.7 Å². The number of pyridine rings is 1. The Morgan fingerprint density at radius 2 is 1.78 bits per heavy atom. The maximum atomic E-state index is 13.6. The third-order valence-electron chi connectivity index (χ3n) is 6.34. The summed E-state index contributed by atoms with van der Waals surface area (Å²) >= 11 is 0. The first-order valence-corrected chi connectivity index (χ1v) is 12.4. The number of nitrogens with zero attached hydrogens (tertiary/aromatic N) is 2. The van der Waals surface area contributed by atoms with Crippen molar-refractivity contribution in [3.05, 3.63) is 34.7 Å². The molecule has 0 aliphatic carbocycles. The van der Waals surface area contributed by atoms with E-state index in [1.165, 1.54) is 15.5 Å². The summed E-state index contributed by atoms with van der Waals surface area (Å²) in [6, 6.07) is 2.08. The first-order chi connectivity index (χ1) is 17.2. The van der Waals surface area contributed by atoms with Gasteiger partial charge in [-0.1, -0.05) is 40.7 Å². The number of Topliss-reactive ketones (excluding diaryl/α,β-unsaturated/α-hetero) is 1. The number of hydrogen-bond donors (Lipinski definition) is 4. The maximum Gasteiger partial charge on any atom is 0.315 e. The van der Waals surface area contributed by atoms with Gasteiger partial charge in [-0.05, 0) is 30.2 Å². The standard InChI is InChI=1S/C25H38N6O6/c1-15(2)16(14-30-11-7-6-10-19(30)33)28-24(37)29-20(25(3,4)5)23(36)31-12-8-9-17(31)22(35)27-13-18(32)21(26)34/h6-7,10-11,15-17,20H,8-9,12-14H2,1-5H3,(H2,26,34)(H,27,35)(H2,28,29,37)/t16-,17+,20-/m1/s1. The third-order valence-corrected chi connectivity index (χ3v) is 6.34. The van der Waals surface area contributed by atoms with Crippen molar-refractivity contribution in [2.24, 2.45) is 17.1 Å². The van der Waals surface area contributed by atoms with E-state index in [1.54, 1.807) is 39.1 Å². The number of amides is 5. The molecule has 0 radical (unpaired) electrons. The molecule has 1 fully saturated rings. The Balaban J connectivity index is 2.13. The van der Waals surface area contributed by atoms with E-state index in [2.05, 4.69) is 16.0 Å². The van der Waals surface area contributed by atoms with Crippen molar-refractivity contribution in [2.75, 3.05) is 13.1 Å². The van der Waals surface area contributed by atoms with E-state index in [0.717, 1.165) is 0 Å². The molecule has 12 heteroatoms. The number of nitrogens with one attached hydrogen (secondary N) is 3. The molecule has 0 aromatic carbocycles. The number of carbonyl (C=O) groups is 5. The lowest BCUT2D eigenvalue weighted by Gasteiger charge is -2.36. The van der Waals surface area contributed by atoms with Gasteiger partial charge in [0.15, 0.2) is 0 Å². The highest BCUT2D eigenvalue weighted by atomic mass is 16.2. The molecule has 0 saturated carbocycles. The largest absolute Gasteiger partial charge is 0.363 e. The number of carbonyl (C=O) groups excluding carboxylic acids is 5. The Kier molecular flexibility index (Phi) is 9.98. The van der Waals surface area contributed by atoms with Gasteiger partial charge in [-0.3, -0.25) is 24.0 Å². The van der Waals surface area contributed by atoms with Crippen LogP contribution in [0.5, 0.6) is 0 Å². The SMILES string of the molecule is CC(C)[C@@H](Cn1ccccc1=O)NC(=O)N[C@H](C(=O)N1CCC[C@H]1C(=O)NCC(=O)C(N)=O)C(C)(C)C. The predicted octanol–water partition coefficient (Wildman–Crippen LogP) is -0.252. The Bertz CT molecular complexity index is 1080. The Morgan fingerprint density at radius 1 is 1.11 bits per heavy atom. The second-order valence-corrected chi connectivity index (χ2v) is 10.7. The zero-order chi connectivity index (χ0) is 27.9. The molecule has 5 N–H and O–H groups in total. The van der Waals surface area contributed by atoms with Crippen molar-refractivity contribution in [2.45, 2.75) is 72.1 Å². The molecule has 0 bridgehead atoms. The van der Waals surface area contributed by atoms with Gasteiger partial charge in [-0.2, -0.15) is 0 Å². The second-order valence-electron chi connectivity index (χ2n) is 10.7. The van der Waals surface area contributed by atoms with Crippen molar-refractivity contribution in [3.63, 3.8) is 0 Å². The molecule has 1 aliphatic rings. The molecule has 5 amide bonds. The van der Waals surface area contributed by atoms with Crippen LogP contribution >= 0.6 is 0 Å². The molecule has 1 aromatic rings. The highest BCUT2D eigenvalue weighted by molar-refractivity contribution is 6.36. The van der Waals surface area contributed by atoms with E-state index in [-0.39, 0.29) is 24.1 Å². The van der Waals surface area contributed by atoms with Crippen LogP contribution in [0.25, 0.3) is 0 Å². The summed E-state index contributed by atoms with van der Waals surface area (Å²) < 4.78 is 1.51. The normalized spacial score (nSPS) is 17.1. The monoisotopic (exact) mass is 518 g/mol. The Morgan fingerprint density at radius 3 is 2.35 bits per heavy atom. The second kappa shape index (κ2) is 12.5. The van der Waals surface area contributed by atoms with Gasteiger partial charge in [-0.15, -0.1) is 0 Å². The molecule has 2 heterocycles. The molecule has 0 unspecified atom stereocenters. The summed E-state index contributed by atoms with van der Waals surface area (Å²) in [6.07, 6.45) is 2.60. The highest BCUT2D eigenvalue weighted by Crippen LogP contribution is 2.26. The van der Waals surface area contributed by atoms with Crippen LogP contribution in [0.4, 0.5) is 4.79 Å². The van der Waals surface area contributed by atoms with E-state index in [1.807, 2.05) is 13.8 Å². The van der Waals surface area contributed by atoms with Gasteiger partial charge in [0.05, 0.1) is 12.6 Å². The van der Waals surface area contributed by atoms with Gasteiger partial charge in [0, 0.05) is 25.4 Å². The lowest BCUT2D eigenvalue weighted by molar-refractivity contribution is -0.142. The van der Waals surface area contributed by atoms with Crippen molar-refractivity contribution in [1.29, 1.82) is 0 Å². The lowest BCUT2D eigenvalue weighted by atomic mass is 9.85. The fraction of sp³-hybridized carbons (Fsp3) is 0.600. The molecule has 1 aromatic heterocycles. The van der Waals surface area contributed by atoms with Crippen molar-refractivity contribution in [3.8, 4) is 0 Å². The number of likely N-dealkylation sites (tertiary alicyclic amines) is 1. The molecule has 37 heavy (non-hydrogen) atoms. The smallest absolute Gasteiger partial charge is 0.315 e. The molecule has 1 saturated heterocycles. The van der Waals surface area contributed by atoms with Gasteiger partial charge in [0.2, 0.25) is 17.6 Å². The number of urea groups is 1. The Labute approximate surface area is 216 Å². The summed E-state index contributed by atoms with van der Waals surface area (Å²) in [7, 11) is 0. The minimum Gasteiger partial charge on any atom is -0.363 e. The number of primary amides is 1. The van der Waals surface area contributed by atoms with E-state index in [0.29, 0.717) is 19.4 Å². The summed E-state index contributed by atoms with van der Waals surface area (Å²) in [5.74, 6) is -3.09. The Hall–Kier alpha value is -3.70. The maximum absolute atomic E-state index is 13.6. The minimum atomic E-state index is -1.15. The van der Waals surface area contributed by atoms with Crippen LogP contribution in [-0.4, -0.2) is 70.2 Å². The summed E-state index contributed by atoms with van der Waals surface area (Å²) in [5.41, 5.74) is 4.04. The van der Waals surface area contributed by atoms with Gasteiger partial charge in [0.1, 0.15) is 12.1 Å². The van der Waals surface area contributed by atoms with Gasteiger partial charge in [0.25, 0.3) is 11.5 Å². The molecular formula is C25H38N6O6. The average molecular weight is 519 g/mol. The number of nitrogens with two attached hydrogens (primary N) is 1. The van der Waals surface area contributed by atoms with Crippen LogP contribution in [0.3, 0.4) is 0 Å². The van der Waals surface area contributed by atoms with Crippen molar-refractivity contribution in [1.82, 2.24) is 25.4 Å². The van der Waals surface area contributed by atoms with Gasteiger partial charge >= 0.3 is 6.03 Å². The molecule has 1 aliphatic heterocycles. The number of rotatable bonds is 10. The van der Waals surface area contributed by atoms with E-state index in [4.69, 9.17) is 5.73 Å². The predicted molar refractivity (Wildman–Crippen MR) is 136 cm³/mol. The van der Waals surface area contributed by atoms with Gasteiger partial charge < -0.3 is 31.2 Å². The van der Waals surface area contributed by atoms with Crippen LogP contribution in [0.2, 0.25) is 0 Å². The average Bonchev–Trinajstić information content (AvgIpc) is 3.30. The molecular weight excluding hydrogens is 480 g/mol. The van der Waals surface area contributed by atoms with Crippen LogP contribution in [0, 0.1) is 11.3 Å². The van der Waals surface area contributed by atoms with E-state index < -0.39 is 53.6 Å². The quantitative estimate of drug-likeness (QED) is 0.311. The van der Waals surface area contributed by atoms with E-state index >= 15 is 0 Å². The number of aromatic nitrogens is 1. The van der Waals surface area contributed by atoms with Crippen LogP contribution in [0.15, 0.2) is 29.2 Å². The van der Waals surface area contributed by atoms with Crippen LogP contribution in [0.1, 0.15) is 47.5 Å². The molecule has 0 spiro atoms. The molecule has 3 atom stereocenters. The summed E-state index contributed by atoms with van der Waals surface area (Å²) in [4.78, 5) is 75.2. The summed E-state index contributed by atoms with van der Waals surface area (Å²) in [6.45, 7) is 9.27. The molecule has 2 rings (SSSR count).